The van der Waals surface area contributed by atoms with E-state index in [-0.39, 0.29) is 13.0 Å². The number of benzene rings is 2. The molecule has 5 aromatic rings. The number of morpholine rings is 1. The fraction of sp³-hybridized carbons (Fsp3) is 0.390. The van der Waals surface area contributed by atoms with Crippen LogP contribution in [0.1, 0.15) is 28.6 Å². The van der Waals surface area contributed by atoms with Gasteiger partial charge in [0.15, 0.2) is 0 Å². The molecule has 0 saturated carbocycles. The molecule has 15 heteroatoms. The van der Waals surface area contributed by atoms with Crippen molar-refractivity contribution >= 4 is 50.9 Å². The highest BCUT2D eigenvalue weighted by molar-refractivity contribution is 7.19. The van der Waals surface area contributed by atoms with Gasteiger partial charge in [-0.05, 0) is 55.8 Å². The lowest BCUT2D eigenvalue weighted by molar-refractivity contribution is -0.137. The van der Waals surface area contributed by atoms with Gasteiger partial charge < -0.3 is 34.4 Å². The maximum absolute atomic E-state index is 12.9. The number of nitrogens with one attached hydrogen (secondary N) is 1. The largest absolute Gasteiger partial charge is 0.491 e. The average molecular weight is 797 g/mol. The van der Waals surface area contributed by atoms with Crippen molar-refractivity contribution in [2.24, 2.45) is 0 Å². The Kier molecular flexibility index (Phi) is 12.8. The molecule has 0 aliphatic carbocycles. The van der Waals surface area contributed by atoms with Crippen LogP contribution in [-0.2, 0) is 22.6 Å². The number of carboxylic acid groups (broad SMARTS) is 1. The van der Waals surface area contributed by atoms with Crippen LogP contribution in [-0.4, -0.2) is 120 Å². The molecule has 2 fully saturated rings. The SMILES string of the molecule is CC#Cc1sc2ncnc(NC(Cc3ccccc3OCc3ccnc(N4CCOCC4)n3)C(=O)O)c2c1-c1ccc(OCCN2CCN(C)CC2)c(Cl)c1C. The van der Waals surface area contributed by atoms with Crippen LogP contribution in [0.4, 0.5) is 11.8 Å². The number of halogens is 1. The van der Waals surface area contributed by atoms with Crippen LogP contribution >= 0.6 is 22.9 Å². The monoisotopic (exact) mass is 796 g/mol. The third-order valence-corrected chi connectivity index (χ3v) is 11.5. The summed E-state index contributed by atoms with van der Waals surface area (Å²) in [4.78, 5) is 39.4. The van der Waals surface area contributed by atoms with Crippen molar-refractivity contribution in [2.45, 2.75) is 32.9 Å². The molecule has 2 aliphatic rings. The second kappa shape index (κ2) is 18.3. The van der Waals surface area contributed by atoms with E-state index in [0.717, 1.165) is 67.4 Å². The number of aromatic nitrogens is 4. The molecule has 0 bridgehead atoms. The first-order valence-electron chi connectivity index (χ1n) is 18.7. The molecule has 0 radical (unpaired) electrons. The number of anilines is 2. The molecule has 1 atom stereocenters. The number of carboxylic acids is 1. The second-order valence-corrected chi connectivity index (χ2v) is 15.1. The summed E-state index contributed by atoms with van der Waals surface area (Å²) in [5.74, 6) is 7.42. The lowest BCUT2D eigenvalue weighted by atomic mass is 9.97. The molecule has 13 nitrogen and oxygen atoms in total. The molecule has 56 heavy (non-hydrogen) atoms. The predicted octanol–water partition coefficient (Wildman–Crippen LogP) is 5.63. The Hall–Kier alpha value is -5.04. The normalized spacial score (nSPS) is 15.6. The molecule has 0 spiro atoms. The Bertz CT molecular complexity index is 2230. The molecular weight excluding hydrogens is 752 g/mol. The molecule has 1 unspecified atom stereocenters. The lowest BCUT2D eigenvalue weighted by Crippen LogP contribution is -2.45. The number of para-hydroxylation sites is 1. The van der Waals surface area contributed by atoms with E-state index >= 15 is 0 Å². The fourth-order valence-corrected chi connectivity index (χ4v) is 8.11. The quantitative estimate of drug-likeness (QED) is 0.135. The highest BCUT2D eigenvalue weighted by Gasteiger charge is 2.26. The van der Waals surface area contributed by atoms with E-state index in [0.29, 0.717) is 69.6 Å². The zero-order chi connectivity index (χ0) is 39.0. The van der Waals surface area contributed by atoms with Gasteiger partial charge in [0, 0.05) is 64.0 Å². The number of rotatable bonds is 14. The van der Waals surface area contributed by atoms with E-state index in [2.05, 4.69) is 53.9 Å². The predicted molar refractivity (Wildman–Crippen MR) is 219 cm³/mol. The van der Waals surface area contributed by atoms with Crippen molar-refractivity contribution in [1.82, 2.24) is 29.7 Å². The summed E-state index contributed by atoms with van der Waals surface area (Å²) in [6.07, 6.45) is 3.28. The standard InChI is InChI=1S/C41H45ClN8O5S/c1-4-7-34-35(30-10-11-33(37(42)27(30)2)54-23-18-49-16-14-48(3)15-17-49)36-38(44-26-45-39(36)56-34)47-31(40(51)52)24-28-8-5-6-9-32(28)55-25-29-12-13-43-41(46-29)50-19-21-53-22-20-50/h5-6,8-13,26,31H,14-25H2,1-3H3,(H,51,52)(H,44,45,47). The average Bonchev–Trinajstić information content (AvgIpc) is 3.58. The summed E-state index contributed by atoms with van der Waals surface area (Å²) in [5, 5.41) is 15.0. The molecule has 2 saturated heterocycles. The molecule has 7 rings (SSSR count). The van der Waals surface area contributed by atoms with E-state index in [1.54, 1.807) is 13.1 Å². The van der Waals surface area contributed by atoms with Crippen LogP contribution in [0.25, 0.3) is 21.3 Å². The van der Waals surface area contributed by atoms with Crippen molar-refractivity contribution in [2.75, 3.05) is 82.9 Å². The first-order chi connectivity index (χ1) is 27.3. The molecule has 292 valence electrons. The van der Waals surface area contributed by atoms with Gasteiger partial charge in [-0.1, -0.05) is 41.8 Å². The minimum absolute atomic E-state index is 0.117. The highest BCUT2D eigenvalue weighted by Crippen LogP contribution is 2.45. The number of fused-ring (bicyclic) bond motifs is 1. The number of ether oxygens (including phenoxy) is 3. The maximum atomic E-state index is 12.9. The molecule has 0 amide bonds. The zero-order valence-corrected chi connectivity index (χ0v) is 33.3. The maximum Gasteiger partial charge on any atom is 0.326 e. The van der Waals surface area contributed by atoms with Crippen LogP contribution in [0.5, 0.6) is 11.5 Å². The highest BCUT2D eigenvalue weighted by atomic mass is 35.5. The summed E-state index contributed by atoms with van der Waals surface area (Å²) in [7, 11) is 2.14. The lowest BCUT2D eigenvalue weighted by Gasteiger charge is -2.32. The Morgan fingerprint density at radius 3 is 2.62 bits per heavy atom. The van der Waals surface area contributed by atoms with Crippen molar-refractivity contribution in [3.63, 3.8) is 0 Å². The van der Waals surface area contributed by atoms with Gasteiger partial charge in [-0.3, -0.25) is 4.90 Å². The van der Waals surface area contributed by atoms with Crippen molar-refractivity contribution in [3.05, 3.63) is 81.7 Å². The van der Waals surface area contributed by atoms with Crippen LogP contribution in [0.3, 0.4) is 0 Å². The van der Waals surface area contributed by atoms with E-state index in [1.165, 1.54) is 17.7 Å². The van der Waals surface area contributed by atoms with Gasteiger partial charge in [0.1, 0.15) is 47.7 Å². The zero-order valence-electron chi connectivity index (χ0n) is 31.8. The third kappa shape index (κ3) is 9.15. The number of piperazine rings is 1. The first kappa shape index (κ1) is 39.2. The van der Waals surface area contributed by atoms with Gasteiger partial charge in [0.2, 0.25) is 5.95 Å². The van der Waals surface area contributed by atoms with Gasteiger partial charge >= 0.3 is 5.97 Å². The number of hydrogen-bond acceptors (Lipinski definition) is 13. The van der Waals surface area contributed by atoms with E-state index in [4.69, 9.17) is 30.8 Å². The second-order valence-electron chi connectivity index (χ2n) is 13.7. The summed E-state index contributed by atoms with van der Waals surface area (Å²) >= 11 is 8.41. The van der Waals surface area contributed by atoms with Gasteiger partial charge in [-0.2, -0.15) is 0 Å². The van der Waals surface area contributed by atoms with Crippen molar-refractivity contribution in [3.8, 4) is 34.5 Å². The van der Waals surface area contributed by atoms with Crippen molar-refractivity contribution in [1.29, 1.82) is 0 Å². The Balaban J connectivity index is 1.12. The van der Waals surface area contributed by atoms with Crippen LogP contribution in [0.2, 0.25) is 5.02 Å². The summed E-state index contributed by atoms with van der Waals surface area (Å²) < 4.78 is 17.9. The smallest absolute Gasteiger partial charge is 0.326 e. The number of nitrogens with zero attached hydrogens (tertiary/aromatic N) is 7. The summed E-state index contributed by atoms with van der Waals surface area (Å²) in [5.41, 5.74) is 3.88. The summed E-state index contributed by atoms with van der Waals surface area (Å²) in [6, 6.07) is 12.1. The van der Waals surface area contributed by atoms with Gasteiger partial charge in [0.05, 0.1) is 34.2 Å². The Labute approximate surface area is 335 Å². The molecule has 3 aromatic heterocycles. The molecule has 2 aliphatic heterocycles. The van der Waals surface area contributed by atoms with Crippen LogP contribution in [0.15, 0.2) is 55.0 Å². The molecule has 5 heterocycles. The number of aliphatic carboxylic acids is 1. The van der Waals surface area contributed by atoms with E-state index in [9.17, 15) is 9.90 Å². The molecule has 2 aromatic carbocycles. The molecular formula is C41H45ClN8O5S. The van der Waals surface area contributed by atoms with Gasteiger partial charge in [0.25, 0.3) is 0 Å². The minimum Gasteiger partial charge on any atom is -0.491 e. The fourth-order valence-electron chi connectivity index (χ4n) is 6.83. The van der Waals surface area contributed by atoms with E-state index < -0.39 is 12.0 Å². The number of carbonyl (C=O) groups is 1. The van der Waals surface area contributed by atoms with Gasteiger partial charge in [-0.15, -0.1) is 17.3 Å². The number of hydrogen-bond donors (Lipinski definition) is 2. The Morgan fingerprint density at radius 1 is 1.04 bits per heavy atom. The number of likely N-dealkylation sites (N-methyl/N-ethyl adjacent to an activating group) is 1. The first-order valence-corrected chi connectivity index (χ1v) is 19.9. The Morgan fingerprint density at radius 2 is 1.84 bits per heavy atom. The summed E-state index contributed by atoms with van der Waals surface area (Å²) in [6.45, 7) is 12.1. The van der Waals surface area contributed by atoms with E-state index in [1.807, 2.05) is 49.4 Å². The third-order valence-electron chi connectivity index (χ3n) is 9.98. The number of thiophene rings is 1. The molecule has 2 N–H and O–H groups in total. The van der Waals surface area contributed by atoms with Crippen LogP contribution in [0, 0.1) is 18.8 Å². The van der Waals surface area contributed by atoms with Crippen LogP contribution < -0.4 is 19.7 Å². The van der Waals surface area contributed by atoms with Crippen molar-refractivity contribution < 1.29 is 24.1 Å². The topological polar surface area (TPSA) is 138 Å². The van der Waals surface area contributed by atoms with Gasteiger partial charge in [-0.25, -0.2) is 24.7 Å². The minimum atomic E-state index is -1.06.